The molecule has 0 radical (unpaired) electrons. The minimum Gasteiger partial charge on any atom is -0.368 e. The Morgan fingerprint density at radius 1 is 1.13 bits per heavy atom. The van der Waals surface area contributed by atoms with Gasteiger partial charge < -0.3 is 14.9 Å². The molecule has 1 aromatic carbocycles. The molecule has 0 aliphatic carbocycles. The van der Waals surface area contributed by atoms with Gasteiger partial charge in [0.2, 0.25) is 0 Å². The fourth-order valence-corrected chi connectivity index (χ4v) is 3.63. The van der Waals surface area contributed by atoms with Crippen LogP contribution in [-0.4, -0.2) is 36.0 Å². The van der Waals surface area contributed by atoms with E-state index in [1.54, 1.807) is 12.4 Å². The normalized spacial score (nSPS) is 11.6. The number of aromatic nitrogens is 6. The van der Waals surface area contributed by atoms with E-state index in [-0.39, 0.29) is 6.04 Å². The van der Waals surface area contributed by atoms with Gasteiger partial charge in [0.15, 0.2) is 17.3 Å². The summed E-state index contributed by atoms with van der Waals surface area (Å²) >= 11 is 0. The van der Waals surface area contributed by atoms with Crippen molar-refractivity contribution in [2.75, 3.05) is 11.9 Å². The molecule has 4 aromatic heterocycles. The van der Waals surface area contributed by atoms with E-state index in [0.717, 1.165) is 41.0 Å². The zero-order valence-electron chi connectivity index (χ0n) is 17.0. The number of imidazole rings is 1. The summed E-state index contributed by atoms with van der Waals surface area (Å²) in [5.74, 6) is 1.40. The van der Waals surface area contributed by atoms with Gasteiger partial charge in [-0.2, -0.15) is 0 Å². The maximum Gasteiger partial charge on any atom is 0.166 e. The van der Waals surface area contributed by atoms with Gasteiger partial charge in [0, 0.05) is 42.3 Å². The maximum absolute atomic E-state index is 4.79. The number of hydrogen-bond donors (Lipinski definition) is 2. The molecule has 5 rings (SSSR count). The molecular weight excluding hydrogens is 374 g/mol. The van der Waals surface area contributed by atoms with Crippen LogP contribution in [0.4, 0.5) is 5.82 Å². The van der Waals surface area contributed by atoms with Gasteiger partial charge in [-0.25, -0.2) is 15.0 Å². The smallest absolute Gasteiger partial charge is 0.166 e. The minimum absolute atomic E-state index is 0.257. The average molecular weight is 397 g/mol. The van der Waals surface area contributed by atoms with Crippen molar-refractivity contribution in [1.29, 1.82) is 0 Å². The third-order valence-electron chi connectivity index (χ3n) is 5.22. The van der Waals surface area contributed by atoms with Crippen LogP contribution in [0.15, 0.2) is 61.3 Å². The molecule has 0 saturated heterocycles. The Morgan fingerprint density at radius 3 is 2.90 bits per heavy atom. The predicted molar refractivity (Wildman–Crippen MR) is 119 cm³/mol. The molecule has 150 valence electrons. The highest BCUT2D eigenvalue weighted by molar-refractivity contribution is 5.85. The van der Waals surface area contributed by atoms with Crippen LogP contribution in [0.1, 0.15) is 25.5 Å². The number of anilines is 1. The Morgan fingerprint density at radius 2 is 2.07 bits per heavy atom. The lowest BCUT2D eigenvalue weighted by molar-refractivity contribution is 0.613. The predicted octanol–water partition coefficient (Wildman–Crippen LogP) is 4.61. The third-order valence-corrected chi connectivity index (χ3v) is 5.22. The second kappa shape index (κ2) is 7.59. The van der Waals surface area contributed by atoms with Gasteiger partial charge in [-0.3, -0.25) is 4.98 Å². The van der Waals surface area contributed by atoms with Crippen LogP contribution in [0, 0.1) is 0 Å². The molecule has 0 aliphatic heterocycles. The van der Waals surface area contributed by atoms with Gasteiger partial charge in [-0.15, -0.1) is 0 Å². The zero-order valence-corrected chi connectivity index (χ0v) is 17.0. The number of benzene rings is 1. The van der Waals surface area contributed by atoms with Gasteiger partial charge in [0.25, 0.3) is 0 Å². The van der Waals surface area contributed by atoms with Crippen LogP contribution in [0.3, 0.4) is 0 Å². The number of aromatic amines is 1. The van der Waals surface area contributed by atoms with Crippen molar-refractivity contribution in [3.63, 3.8) is 0 Å². The number of H-pyrrole nitrogens is 1. The highest BCUT2D eigenvalue weighted by Crippen LogP contribution is 2.25. The van der Waals surface area contributed by atoms with Gasteiger partial charge in [-0.05, 0) is 61.5 Å². The molecule has 0 aliphatic rings. The molecule has 30 heavy (non-hydrogen) atoms. The van der Waals surface area contributed by atoms with Gasteiger partial charge >= 0.3 is 0 Å². The molecule has 4 heterocycles. The van der Waals surface area contributed by atoms with E-state index >= 15 is 0 Å². The van der Waals surface area contributed by atoms with Crippen molar-refractivity contribution >= 4 is 27.9 Å². The van der Waals surface area contributed by atoms with Crippen LogP contribution >= 0.6 is 0 Å². The Bertz CT molecular complexity index is 1300. The highest BCUT2D eigenvalue weighted by atomic mass is 15.2. The van der Waals surface area contributed by atoms with E-state index in [2.05, 4.69) is 62.9 Å². The Labute approximate surface area is 174 Å². The van der Waals surface area contributed by atoms with Crippen LogP contribution in [-0.2, 0) is 6.42 Å². The first-order chi connectivity index (χ1) is 14.7. The number of hydrogen-bond acceptors (Lipinski definition) is 5. The van der Waals surface area contributed by atoms with Crippen LogP contribution in [0.25, 0.3) is 33.5 Å². The summed E-state index contributed by atoms with van der Waals surface area (Å²) in [6, 6.07) is 12.7. The molecular formula is C23H23N7. The minimum atomic E-state index is 0.257. The standard InChI is InChI=1S/C23H23N7/c1-15(2)30-14-27-20-22(28-21(29-23(20)30)18-4-3-9-24-13-18)26-10-7-16-5-6-19-17(12-16)8-11-25-19/h3-6,8-9,11-15,25H,7,10H2,1-2H3,(H,26,28,29). The topological polar surface area (TPSA) is 84.3 Å². The second-order valence-electron chi connectivity index (χ2n) is 7.63. The summed E-state index contributed by atoms with van der Waals surface area (Å²) in [6.07, 6.45) is 8.23. The summed E-state index contributed by atoms with van der Waals surface area (Å²) in [5, 5.41) is 4.71. The number of nitrogens with zero attached hydrogens (tertiary/aromatic N) is 5. The van der Waals surface area contributed by atoms with Crippen LogP contribution in [0.5, 0.6) is 0 Å². The first-order valence-corrected chi connectivity index (χ1v) is 10.1. The van der Waals surface area contributed by atoms with E-state index in [4.69, 9.17) is 9.97 Å². The largest absolute Gasteiger partial charge is 0.368 e. The second-order valence-corrected chi connectivity index (χ2v) is 7.63. The molecule has 0 spiro atoms. The maximum atomic E-state index is 4.79. The Balaban J connectivity index is 1.46. The fourth-order valence-electron chi connectivity index (χ4n) is 3.63. The Kier molecular flexibility index (Phi) is 4.63. The molecule has 5 aromatic rings. The SMILES string of the molecule is CC(C)n1cnc2c(NCCc3ccc4[nH]ccc4c3)nc(-c3cccnc3)nc21. The summed E-state index contributed by atoms with van der Waals surface area (Å²) < 4.78 is 2.07. The molecule has 0 unspecified atom stereocenters. The van der Waals surface area contributed by atoms with Crippen LogP contribution in [0.2, 0.25) is 0 Å². The van der Waals surface area contributed by atoms with E-state index < -0.39 is 0 Å². The summed E-state index contributed by atoms with van der Waals surface area (Å²) in [4.78, 5) is 21.6. The Hall–Kier alpha value is -3.74. The molecule has 0 fully saturated rings. The van der Waals surface area contributed by atoms with Crippen molar-refractivity contribution in [3.8, 4) is 11.4 Å². The zero-order chi connectivity index (χ0) is 20.5. The van der Waals surface area contributed by atoms with Crippen molar-refractivity contribution in [2.45, 2.75) is 26.3 Å². The molecule has 0 atom stereocenters. The lowest BCUT2D eigenvalue weighted by Crippen LogP contribution is -2.09. The van der Waals surface area contributed by atoms with E-state index in [0.29, 0.717) is 5.82 Å². The molecule has 0 amide bonds. The first-order valence-electron chi connectivity index (χ1n) is 10.1. The van der Waals surface area contributed by atoms with Crippen molar-refractivity contribution in [3.05, 3.63) is 66.9 Å². The number of nitrogens with one attached hydrogen (secondary N) is 2. The molecule has 2 N–H and O–H groups in total. The van der Waals surface area contributed by atoms with E-state index in [1.165, 1.54) is 10.9 Å². The lowest BCUT2D eigenvalue weighted by Gasteiger charge is -2.11. The van der Waals surface area contributed by atoms with Gasteiger partial charge in [-0.1, -0.05) is 6.07 Å². The lowest BCUT2D eigenvalue weighted by atomic mass is 10.1. The van der Waals surface area contributed by atoms with Gasteiger partial charge in [0.1, 0.15) is 5.52 Å². The van der Waals surface area contributed by atoms with Crippen molar-refractivity contribution in [2.24, 2.45) is 0 Å². The number of fused-ring (bicyclic) bond motifs is 2. The summed E-state index contributed by atoms with van der Waals surface area (Å²) in [7, 11) is 0. The number of pyridine rings is 1. The first kappa shape index (κ1) is 18.3. The monoisotopic (exact) mass is 397 g/mol. The molecule has 7 nitrogen and oxygen atoms in total. The summed E-state index contributed by atoms with van der Waals surface area (Å²) in [5.41, 5.74) is 4.94. The molecule has 0 bridgehead atoms. The average Bonchev–Trinajstić information content (AvgIpc) is 3.41. The fraction of sp³-hybridized carbons (Fsp3) is 0.217. The van der Waals surface area contributed by atoms with E-state index in [9.17, 15) is 0 Å². The summed E-state index contributed by atoms with van der Waals surface area (Å²) in [6.45, 7) is 5.00. The number of rotatable bonds is 6. The van der Waals surface area contributed by atoms with E-state index in [1.807, 2.05) is 24.7 Å². The van der Waals surface area contributed by atoms with Crippen molar-refractivity contribution in [1.82, 2.24) is 29.5 Å². The van der Waals surface area contributed by atoms with Crippen LogP contribution < -0.4 is 5.32 Å². The quantitative estimate of drug-likeness (QED) is 0.437. The molecule has 0 saturated carbocycles. The molecule has 7 heteroatoms. The third kappa shape index (κ3) is 3.39. The highest BCUT2D eigenvalue weighted by Gasteiger charge is 2.15. The van der Waals surface area contributed by atoms with Gasteiger partial charge in [0.05, 0.1) is 6.33 Å². The van der Waals surface area contributed by atoms with Crippen molar-refractivity contribution < 1.29 is 0 Å².